The molecule has 0 aliphatic carbocycles. The molecule has 0 spiro atoms. The Kier molecular flexibility index (Phi) is 6.53. The molecule has 1 aromatic carbocycles. The topological polar surface area (TPSA) is 55.7 Å². The summed E-state index contributed by atoms with van der Waals surface area (Å²) in [7, 11) is 0. The van der Waals surface area contributed by atoms with Crippen LogP contribution >= 0.6 is 34.5 Å². The minimum Gasteiger partial charge on any atom is -0.364 e. The van der Waals surface area contributed by atoms with Crippen LogP contribution in [0.3, 0.4) is 0 Å². The Morgan fingerprint density at radius 3 is 2.81 bits per heavy atom. The molecule has 1 saturated heterocycles. The Bertz CT molecular complexity index is 774. The van der Waals surface area contributed by atoms with Crippen LogP contribution in [0.4, 0.5) is 5.13 Å². The number of hydrogen-bond acceptors (Lipinski definition) is 4. The number of carbonyl (C=O) groups excluding carboxylic acids is 1. The molecule has 2 N–H and O–H groups in total. The van der Waals surface area contributed by atoms with Crippen molar-refractivity contribution < 1.29 is 14.4 Å². The summed E-state index contributed by atoms with van der Waals surface area (Å²) in [5.41, 5.74) is 0.946. The van der Waals surface area contributed by atoms with E-state index >= 15 is 0 Å². The molecule has 0 saturated carbocycles. The van der Waals surface area contributed by atoms with Gasteiger partial charge in [-0.1, -0.05) is 23.2 Å². The molecule has 26 heavy (non-hydrogen) atoms. The summed E-state index contributed by atoms with van der Waals surface area (Å²) >= 11 is 13.7. The first-order valence-corrected chi connectivity index (χ1v) is 10.1. The maximum absolute atomic E-state index is 12.3. The van der Waals surface area contributed by atoms with Crippen LogP contribution < -0.4 is 10.2 Å². The van der Waals surface area contributed by atoms with E-state index in [1.54, 1.807) is 18.3 Å². The summed E-state index contributed by atoms with van der Waals surface area (Å²) in [5.74, 6) is -0.0250. The molecule has 3 rings (SSSR count). The van der Waals surface area contributed by atoms with E-state index in [0.717, 1.165) is 23.5 Å². The number of benzene rings is 1. The lowest BCUT2D eigenvalue weighted by molar-refractivity contribution is -0.907. The normalized spacial score (nSPS) is 23.0. The lowest BCUT2D eigenvalue weighted by Gasteiger charge is -2.31. The van der Waals surface area contributed by atoms with Gasteiger partial charge in [0.05, 0.1) is 0 Å². The molecule has 1 amide bonds. The van der Waals surface area contributed by atoms with Gasteiger partial charge in [-0.3, -0.25) is 10.1 Å². The van der Waals surface area contributed by atoms with Crippen LogP contribution in [-0.2, 0) is 16.0 Å². The van der Waals surface area contributed by atoms with Crippen LogP contribution in [0.15, 0.2) is 24.4 Å². The first-order valence-electron chi connectivity index (χ1n) is 8.56. The fraction of sp³-hybridized carbons (Fsp3) is 0.444. The standard InChI is InChI=1S/C18H21Cl2N3O2S/c1-11-8-23(9-12(2)25-11)10-17(24)22-18-21-7-15(26-18)6-13-5-14(19)3-4-16(13)20/h3-5,7,11-12H,6,8-10H2,1-2H3,(H,21,22,24)/p+1. The maximum atomic E-state index is 12.3. The monoisotopic (exact) mass is 414 g/mol. The smallest absolute Gasteiger partial charge is 0.281 e. The van der Waals surface area contributed by atoms with Crippen molar-refractivity contribution in [1.82, 2.24) is 4.98 Å². The predicted octanol–water partition coefficient (Wildman–Crippen LogP) is 2.67. The highest BCUT2D eigenvalue weighted by Gasteiger charge is 2.27. The number of hydrogen-bond donors (Lipinski definition) is 2. The number of rotatable bonds is 5. The number of nitrogens with one attached hydrogen (secondary N) is 2. The van der Waals surface area contributed by atoms with Crippen LogP contribution in [0, 0.1) is 0 Å². The maximum Gasteiger partial charge on any atom is 0.281 e. The zero-order chi connectivity index (χ0) is 18.7. The largest absolute Gasteiger partial charge is 0.364 e. The van der Waals surface area contributed by atoms with Gasteiger partial charge in [-0.15, -0.1) is 11.3 Å². The Morgan fingerprint density at radius 1 is 1.35 bits per heavy atom. The second kappa shape index (κ2) is 8.67. The zero-order valence-electron chi connectivity index (χ0n) is 14.7. The van der Waals surface area contributed by atoms with Crippen LogP contribution in [-0.4, -0.2) is 42.7 Å². The van der Waals surface area contributed by atoms with Crippen molar-refractivity contribution in [2.45, 2.75) is 32.5 Å². The molecule has 1 aliphatic rings. The van der Waals surface area contributed by atoms with Gasteiger partial charge in [-0.25, -0.2) is 4.98 Å². The number of aromatic nitrogens is 1. The van der Waals surface area contributed by atoms with E-state index in [4.69, 9.17) is 27.9 Å². The van der Waals surface area contributed by atoms with Crippen molar-refractivity contribution in [2.24, 2.45) is 0 Å². The highest BCUT2D eigenvalue weighted by Crippen LogP contribution is 2.26. The molecular weight excluding hydrogens is 393 g/mol. The summed E-state index contributed by atoms with van der Waals surface area (Å²) in [6, 6.07) is 5.41. The average molecular weight is 415 g/mol. The minimum absolute atomic E-state index is 0.0250. The van der Waals surface area contributed by atoms with Crippen molar-refractivity contribution in [2.75, 3.05) is 25.0 Å². The zero-order valence-corrected chi connectivity index (χ0v) is 17.0. The van der Waals surface area contributed by atoms with E-state index in [1.165, 1.54) is 16.2 Å². The average Bonchev–Trinajstić information content (AvgIpc) is 2.96. The van der Waals surface area contributed by atoms with E-state index in [2.05, 4.69) is 10.3 Å². The molecule has 0 radical (unpaired) electrons. The van der Waals surface area contributed by atoms with Crippen molar-refractivity contribution in [3.8, 4) is 0 Å². The van der Waals surface area contributed by atoms with Gasteiger partial charge in [-0.05, 0) is 37.6 Å². The van der Waals surface area contributed by atoms with Gasteiger partial charge >= 0.3 is 0 Å². The van der Waals surface area contributed by atoms with Crippen molar-refractivity contribution >= 4 is 45.6 Å². The summed E-state index contributed by atoms with van der Waals surface area (Å²) in [4.78, 5) is 18.9. The molecule has 1 aliphatic heterocycles. The molecule has 8 heteroatoms. The quantitative estimate of drug-likeness (QED) is 0.790. The third-order valence-corrected chi connectivity index (χ3v) is 5.72. The molecule has 2 unspecified atom stereocenters. The van der Waals surface area contributed by atoms with E-state index in [-0.39, 0.29) is 18.1 Å². The molecule has 5 nitrogen and oxygen atoms in total. The van der Waals surface area contributed by atoms with Gasteiger partial charge in [0.25, 0.3) is 5.91 Å². The third-order valence-electron chi connectivity index (χ3n) is 4.20. The fourth-order valence-electron chi connectivity index (χ4n) is 3.24. The van der Waals surface area contributed by atoms with E-state index in [1.807, 2.05) is 19.9 Å². The number of carbonyl (C=O) groups is 1. The fourth-order valence-corrected chi connectivity index (χ4v) is 4.47. The van der Waals surface area contributed by atoms with Gasteiger partial charge in [0.1, 0.15) is 25.3 Å². The molecule has 1 fully saturated rings. The Hall–Kier alpha value is -1.18. The highest BCUT2D eigenvalue weighted by molar-refractivity contribution is 7.15. The van der Waals surface area contributed by atoms with Crippen LogP contribution in [0.25, 0.3) is 0 Å². The summed E-state index contributed by atoms with van der Waals surface area (Å²) in [5, 5.41) is 4.83. The number of halogens is 2. The molecule has 2 atom stereocenters. The minimum atomic E-state index is -0.0250. The molecule has 0 bridgehead atoms. The van der Waals surface area contributed by atoms with Crippen molar-refractivity contribution in [1.29, 1.82) is 0 Å². The molecular formula is C18H22Cl2N3O2S+. The Labute approximate surface area is 167 Å². The van der Waals surface area contributed by atoms with Crippen LogP contribution in [0.2, 0.25) is 10.0 Å². The number of amides is 1. The first-order chi connectivity index (χ1) is 12.4. The number of ether oxygens (including phenoxy) is 1. The van der Waals surface area contributed by atoms with Gasteiger partial charge < -0.3 is 9.64 Å². The van der Waals surface area contributed by atoms with Crippen LogP contribution in [0.1, 0.15) is 24.3 Å². The number of anilines is 1. The Morgan fingerprint density at radius 2 is 2.08 bits per heavy atom. The predicted molar refractivity (Wildman–Crippen MR) is 106 cm³/mol. The lowest BCUT2D eigenvalue weighted by Crippen LogP contribution is -3.16. The molecule has 2 aromatic rings. The van der Waals surface area contributed by atoms with E-state index < -0.39 is 0 Å². The molecule has 1 aromatic heterocycles. The summed E-state index contributed by atoms with van der Waals surface area (Å²) < 4.78 is 5.71. The number of morpholine rings is 1. The van der Waals surface area contributed by atoms with Gasteiger partial charge in [0, 0.05) is 27.5 Å². The lowest BCUT2D eigenvalue weighted by atomic mass is 10.1. The van der Waals surface area contributed by atoms with Gasteiger partial charge in [0.15, 0.2) is 11.7 Å². The summed E-state index contributed by atoms with van der Waals surface area (Å²) in [6.07, 6.45) is 2.76. The van der Waals surface area contributed by atoms with Crippen molar-refractivity contribution in [3.05, 3.63) is 44.9 Å². The number of thiazole rings is 1. The number of quaternary nitrogens is 1. The van der Waals surface area contributed by atoms with Gasteiger partial charge in [0.2, 0.25) is 0 Å². The summed E-state index contributed by atoms with van der Waals surface area (Å²) in [6.45, 7) is 6.19. The van der Waals surface area contributed by atoms with E-state index in [0.29, 0.717) is 28.1 Å². The SMILES string of the molecule is CC1C[NH+](CC(=O)Nc2ncc(Cc3cc(Cl)ccc3Cl)s2)CC(C)O1. The molecule has 140 valence electrons. The van der Waals surface area contributed by atoms with Crippen molar-refractivity contribution in [3.63, 3.8) is 0 Å². The van der Waals surface area contributed by atoms with E-state index in [9.17, 15) is 4.79 Å². The van der Waals surface area contributed by atoms with Crippen LogP contribution in [0.5, 0.6) is 0 Å². The highest BCUT2D eigenvalue weighted by atomic mass is 35.5. The first kappa shape index (κ1) is 19.6. The second-order valence-corrected chi connectivity index (χ2v) is 8.64. The Balaban J connectivity index is 1.56. The second-order valence-electron chi connectivity index (χ2n) is 6.68. The van der Waals surface area contributed by atoms with Gasteiger partial charge in [-0.2, -0.15) is 0 Å². The third kappa shape index (κ3) is 5.41. The molecule has 2 heterocycles. The number of nitrogens with zero attached hydrogens (tertiary/aromatic N) is 1.